The highest BCUT2D eigenvalue weighted by Crippen LogP contribution is 2.20. The van der Waals surface area contributed by atoms with Gasteiger partial charge >= 0.3 is 0 Å². The molecule has 2 aromatic carbocycles. The van der Waals surface area contributed by atoms with Gasteiger partial charge in [-0.3, -0.25) is 4.79 Å². The van der Waals surface area contributed by atoms with E-state index >= 15 is 0 Å². The van der Waals surface area contributed by atoms with Crippen molar-refractivity contribution in [3.63, 3.8) is 0 Å². The maximum absolute atomic E-state index is 12.5. The Kier molecular flexibility index (Phi) is 7.71. The molecule has 0 aliphatic rings. The van der Waals surface area contributed by atoms with E-state index in [-0.39, 0.29) is 5.91 Å². The topological polar surface area (TPSA) is 56.8 Å². The van der Waals surface area contributed by atoms with Crippen molar-refractivity contribution < 1.29 is 19.0 Å². The van der Waals surface area contributed by atoms with Crippen molar-refractivity contribution in [1.82, 2.24) is 0 Å². The van der Waals surface area contributed by atoms with Crippen LogP contribution in [-0.4, -0.2) is 32.3 Å². The third kappa shape index (κ3) is 6.61. The second-order valence-corrected chi connectivity index (χ2v) is 5.80. The maximum Gasteiger partial charge on any atom is 0.255 e. The summed E-state index contributed by atoms with van der Waals surface area (Å²) in [4.78, 5) is 12.5. The number of rotatable bonds is 10. The first-order valence-electron chi connectivity index (χ1n) is 8.57. The van der Waals surface area contributed by atoms with Crippen molar-refractivity contribution in [2.75, 3.05) is 31.7 Å². The summed E-state index contributed by atoms with van der Waals surface area (Å²) < 4.78 is 16.4. The lowest BCUT2D eigenvalue weighted by atomic mass is 10.2. The molecule has 26 heavy (non-hydrogen) atoms. The molecule has 0 fully saturated rings. The van der Waals surface area contributed by atoms with Gasteiger partial charge in [-0.25, -0.2) is 0 Å². The molecule has 0 atom stereocenters. The second-order valence-electron chi connectivity index (χ2n) is 5.80. The molecule has 0 saturated heterocycles. The largest absolute Gasteiger partial charge is 0.491 e. The molecule has 1 N–H and O–H groups in total. The number of benzene rings is 2. The Hall–Kier alpha value is -2.79. The highest BCUT2D eigenvalue weighted by molar-refractivity contribution is 6.04. The standard InChI is InChI=1S/C21H25NO4/c1-4-24-11-12-25-19-9-5-7-17(13-19)21(23)22-18-8-6-10-20(14-18)26-15-16(2)3/h5-10,13-14H,2,4,11-12,15H2,1,3H3,(H,22,23). The molecule has 0 aromatic heterocycles. The van der Waals surface area contributed by atoms with E-state index in [1.165, 1.54) is 0 Å². The summed E-state index contributed by atoms with van der Waals surface area (Å²) in [5.74, 6) is 1.10. The van der Waals surface area contributed by atoms with E-state index in [1.54, 1.807) is 24.3 Å². The molecule has 0 heterocycles. The van der Waals surface area contributed by atoms with Gasteiger partial charge in [0.25, 0.3) is 5.91 Å². The minimum atomic E-state index is -0.211. The number of hydrogen-bond donors (Lipinski definition) is 1. The first kappa shape index (κ1) is 19.5. The van der Waals surface area contributed by atoms with Crippen LogP contribution in [0, 0.1) is 0 Å². The monoisotopic (exact) mass is 355 g/mol. The minimum absolute atomic E-state index is 0.211. The van der Waals surface area contributed by atoms with Gasteiger partial charge < -0.3 is 19.5 Å². The Morgan fingerprint density at radius 1 is 1.04 bits per heavy atom. The number of carbonyl (C=O) groups is 1. The van der Waals surface area contributed by atoms with Crippen molar-refractivity contribution >= 4 is 11.6 Å². The molecule has 2 rings (SSSR count). The van der Waals surface area contributed by atoms with E-state index in [4.69, 9.17) is 14.2 Å². The van der Waals surface area contributed by atoms with Gasteiger partial charge in [-0.1, -0.05) is 18.7 Å². The van der Waals surface area contributed by atoms with Crippen molar-refractivity contribution in [2.45, 2.75) is 13.8 Å². The van der Waals surface area contributed by atoms with Crippen LogP contribution in [0.25, 0.3) is 0 Å². The zero-order valence-electron chi connectivity index (χ0n) is 15.3. The predicted molar refractivity (Wildman–Crippen MR) is 103 cm³/mol. The van der Waals surface area contributed by atoms with E-state index in [2.05, 4.69) is 11.9 Å². The first-order chi connectivity index (χ1) is 12.6. The Bertz CT molecular complexity index is 742. The van der Waals surface area contributed by atoms with E-state index in [0.717, 1.165) is 5.57 Å². The molecule has 0 saturated carbocycles. The number of anilines is 1. The van der Waals surface area contributed by atoms with Gasteiger partial charge in [0.1, 0.15) is 24.7 Å². The number of hydrogen-bond acceptors (Lipinski definition) is 4. The summed E-state index contributed by atoms with van der Waals surface area (Å²) in [6.07, 6.45) is 0. The van der Waals surface area contributed by atoms with Crippen LogP contribution in [0.5, 0.6) is 11.5 Å². The van der Waals surface area contributed by atoms with Gasteiger partial charge in [0.2, 0.25) is 0 Å². The zero-order chi connectivity index (χ0) is 18.8. The van der Waals surface area contributed by atoms with E-state index in [9.17, 15) is 4.79 Å². The van der Waals surface area contributed by atoms with Crippen LogP contribution in [0.1, 0.15) is 24.2 Å². The average Bonchev–Trinajstić information content (AvgIpc) is 2.64. The van der Waals surface area contributed by atoms with Gasteiger partial charge in [0, 0.05) is 23.9 Å². The fraction of sp³-hybridized carbons (Fsp3) is 0.286. The molecular formula is C21H25NO4. The van der Waals surface area contributed by atoms with Gasteiger partial charge in [0.15, 0.2) is 0 Å². The summed E-state index contributed by atoms with van der Waals surface area (Å²) in [5, 5.41) is 2.87. The quantitative estimate of drug-likeness (QED) is 0.510. The molecular weight excluding hydrogens is 330 g/mol. The van der Waals surface area contributed by atoms with Crippen molar-refractivity contribution in [3.8, 4) is 11.5 Å². The molecule has 2 aromatic rings. The fourth-order valence-corrected chi connectivity index (χ4v) is 2.16. The van der Waals surface area contributed by atoms with Crippen LogP contribution in [0.2, 0.25) is 0 Å². The molecule has 0 aliphatic heterocycles. The molecule has 0 spiro atoms. The third-order valence-corrected chi connectivity index (χ3v) is 3.37. The van der Waals surface area contributed by atoms with Crippen LogP contribution in [0.3, 0.4) is 0 Å². The molecule has 138 valence electrons. The Morgan fingerprint density at radius 2 is 1.77 bits per heavy atom. The summed E-state index contributed by atoms with van der Waals surface area (Å²) in [6, 6.07) is 14.3. The number of carbonyl (C=O) groups excluding carboxylic acids is 1. The van der Waals surface area contributed by atoms with Gasteiger partial charge in [0.05, 0.1) is 6.61 Å². The second kappa shape index (κ2) is 10.3. The molecule has 5 nitrogen and oxygen atoms in total. The number of nitrogens with one attached hydrogen (secondary N) is 1. The van der Waals surface area contributed by atoms with Gasteiger partial charge in [-0.2, -0.15) is 0 Å². The van der Waals surface area contributed by atoms with Gasteiger partial charge in [-0.05, 0) is 49.8 Å². The molecule has 1 amide bonds. The number of ether oxygens (including phenoxy) is 3. The van der Waals surface area contributed by atoms with Crippen LogP contribution in [-0.2, 0) is 4.74 Å². The Morgan fingerprint density at radius 3 is 2.50 bits per heavy atom. The normalized spacial score (nSPS) is 10.2. The smallest absolute Gasteiger partial charge is 0.255 e. The maximum atomic E-state index is 12.5. The number of amides is 1. The SMILES string of the molecule is C=C(C)COc1cccc(NC(=O)c2cccc(OCCOCC)c2)c1. The molecule has 0 unspecified atom stereocenters. The van der Waals surface area contributed by atoms with Gasteiger partial charge in [-0.15, -0.1) is 0 Å². The van der Waals surface area contributed by atoms with Crippen molar-refractivity contribution in [2.24, 2.45) is 0 Å². The molecule has 0 aliphatic carbocycles. The van der Waals surface area contributed by atoms with E-state index < -0.39 is 0 Å². The predicted octanol–water partition coefficient (Wildman–Crippen LogP) is 4.31. The van der Waals surface area contributed by atoms with Crippen molar-refractivity contribution in [3.05, 3.63) is 66.2 Å². The van der Waals surface area contributed by atoms with Crippen LogP contribution < -0.4 is 14.8 Å². The summed E-state index contributed by atoms with van der Waals surface area (Å²) in [6.45, 7) is 9.70. The van der Waals surface area contributed by atoms with Crippen molar-refractivity contribution in [1.29, 1.82) is 0 Å². The van der Waals surface area contributed by atoms with E-state index in [1.807, 2.05) is 38.1 Å². The molecule has 0 radical (unpaired) electrons. The average molecular weight is 355 g/mol. The lowest BCUT2D eigenvalue weighted by Crippen LogP contribution is -2.12. The highest BCUT2D eigenvalue weighted by atomic mass is 16.5. The minimum Gasteiger partial charge on any atom is -0.491 e. The summed E-state index contributed by atoms with van der Waals surface area (Å²) >= 11 is 0. The summed E-state index contributed by atoms with van der Waals surface area (Å²) in [7, 11) is 0. The first-order valence-corrected chi connectivity index (χ1v) is 8.57. The van der Waals surface area contributed by atoms with Crippen LogP contribution in [0.4, 0.5) is 5.69 Å². The highest BCUT2D eigenvalue weighted by Gasteiger charge is 2.08. The molecule has 0 bridgehead atoms. The Balaban J connectivity index is 1.96. The van der Waals surface area contributed by atoms with Crippen LogP contribution >= 0.6 is 0 Å². The third-order valence-electron chi connectivity index (χ3n) is 3.37. The van der Waals surface area contributed by atoms with Crippen LogP contribution in [0.15, 0.2) is 60.7 Å². The lowest BCUT2D eigenvalue weighted by Gasteiger charge is -2.10. The summed E-state index contributed by atoms with van der Waals surface area (Å²) in [5.41, 5.74) is 2.12. The zero-order valence-corrected chi connectivity index (χ0v) is 15.3. The Labute approximate surface area is 154 Å². The van der Waals surface area contributed by atoms with E-state index in [0.29, 0.717) is 49.2 Å². The molecule has 5 heteroatoms. The lowest BCUT2D eigenvalue weighted by molar-refractivity contribution is 0.102. The fourth-order valence-electron chi connectivity index (χ4n) is 2.16.